The maximum Gasteiger partial charge on any atom is 0.312 e. The van der Waals surface area contributed by atoms with E-state index in [0.717, 1.165) is 11.3 Å². The summed E-state index contributed by atoms with van der Waals surface area (Å²) in [5.41, 5.74) is 0. The van der Waals surface area contributed by atoms with Crippen molar-refractivity contribution < 1.29 is 9.69 Å². The number of rotatable bonds is 13. The van der Waals surface area contributed by atoms with Crippen LogP contribution in [0.4, 0.5) is 0 Å². The molecule has 0 aromatic heterocycles. The van der Waals surface area contributed by atoms with Gasteiger partial charge < -0.3 is 0 Å². The second-order valence-electron chi connectivity index (χ2n) is 5.24. The average Bonchev–Trinajstić information content (AvgIpc) is 2.41. The van der Waals surface area contributed by atoms with Crippen molar-refractivity contribution in [1.82, 2.24) is 0 Å². The largest absolute Gasteiger partial charge is 0.312 e. The molecule has 0 saturated carbocycles. The minimum absolute atomic E-state index is 0.311. The van der Waals surface area contributed by atoms with E-state index in [-0.39, 0.29) is 0 Å². The van der Waals surface area contributed by atoms with Crippen molar-refractivity contribution >= 4 is 5.91 Å². The molecule has 0 bridgehead atoms. The van der Waals surface area contributed by atoms with E-state index < -0.39 is 0 Å². The van der Waals surface area contributed by atoms with E-state index in [1.807, 2.05) is 12.2 Å². The van der Waals surface area contributed by atoms with Crippen molar-refractivity contribution in [3.05, 3.63) is 25.3 Å². The molecular formula is C17H32NO+. The number of carbonyl (C=O) groups excluding carboxylic acids is 1. The van der Waals surface area contributed by atoms with Gasteiger partial charge >= 0.3 is 5.91 Å². The van der Waals surface area contributed by atoms with E-state index in [1.165, 1.54) is 44.9 Å². The van der Waals surface area contributed by atoms with Crippen molar-refractivity contribution in [2.75, 3.05) is 13.1 Å². The predicted octanol–water partition coefficient (Wildman–Crippen LogP) is 3.30. The number of carbonyl (C=O) groups is 1. The summed E-state index contributed by atoms with van der Waals surface area (Å²) in [7, 11) is 0. The molecule has 0 aliphatic heterocycles. The lowest BCUT2D eigenvalue weighted by Gasteiger charge is -2.13. The van der Waals surface area contributed by atoms with Crippen molar-refractivity contribution in [3.63, 3.8) is 0 Å². The van der Waals surface area contributed by atoms with Crippen LogP contribution in [0.1, 0.15) is 64.7 Å². The van der Waals surface area contributed by atoms with E-state index in [2.05, 4.69) is 20.1 Å². The fourth-order valence-corrected chi connectivity index (χ4v) is 2.26. The Balaban J connectivity index is 3.55. The topological polar surface area (TPSA) is 21.5 Å². The first-order chi connectivity index (χ1) is 9.26. The lowest BCUT2D eigenvalue weighted by molar-refractivity contribution is -0.807. The molecule has 0 aliphatic carbocycles. The number of amides is 1. The average molecular weight is 266 g/mol. The number of hydrogen-bond acceptors (Lipinski definition) is 1. The van der Waals surface area contributed by atoms with Gasteiger partial charge in [0.15, 0.2) is 0 Å². The Morgan fingerprint density at radius 2 is 1.37 bits per heavy atom. The molecule has 1 amide bonds. The van der Waals surface area contributed by atoms with Crippen LogP contribution in [-0.4, -0.2) is 19.0 Å². The lowest BCUT2D eigenvalue weighted by atomic mass is 10.1. The molecule has 0 radical (unpaired) electrons. The quantitative estimate of drug-likeness (QED) is 0.401. The molecule has 0 spiro atoms. The van der Waals surface area contributed by atoms with E-state index >= 15 is 0 Å². The molecule has 2 heteroatoms. The Bertz CT molecular complexity index is 238. The normalized spacial score (nSPS) is 10.6. The lowest BCUT2D eigenvalue weighted by Crippen LogP contribution is -3.14. The third-order valence-electron chi connectivity index (χ3n) is 3.43. The predicted molar refractivity (Wildman–Crippen MR) is 83.3 cm³/mol. The highest BCUT2D eigenvalue weighted by Crippen LogP contribution is 2.09. The van der Waals surface area contributed by atoms with Gasteiger partial charge in [-0.2, -0.15) is 0 Å². The fourth-order valence-electron chi connectivity index (χ4n) is 2.26. The van der Waals surface area contributed by atoms with Gasteiger partial charge in [0.25, 0.3) is 0 Å². The van der Waals surface area contributed by atoms with Gasteiger partial charge in [0.2, 0.25) is 0 Å². The van der Waals surface area contributed by atoms with Crippen LogP contribution in [0.3, 0.4) is 0 Å². The standard InChI is InChI=1S/C17H31NO/c1-4-7-8-9-10-11-12-13-14-17(19)18(15-5-2)16-6-3/h5-6H,2-4,7-16H2,1H3/p+1. The van der Waals surface area contributed by atoms with E-state index in [0.29, 0.717) is 25.4 Å². The summed E-state index contributed by atoms with van der Waals surface area (Å²) in [6.45, 7) is 11.1. The van der Waals surface area contributed by atoms with Crippen LogP contribution in [0.2, 0.25) is 0 Å². The minimum Gasteiger partial charge on any atom is -0.265 e. The Morgan fingerprint density at radius 1 is 0.895 bits per heavy atom. The molecule has 0 saturated heterocycles. The van der Waals surface area contributed by atoms with Crippen LogP contribution in [-0.2, 0) is 4.79 Å². The molecule has 110 valence electrons. The van der Waals surface area contributed by atoms with Gasteiger partial charge in [-0.1, -0.05) is 65.0 Å². The summed E-state index contributed by atoms with van der Waals surface area (Å²) in [6, 6.07) is 0. The molecule has 0 unspecified atom stereocenters. The molecule has 0 rings (SSSR count). The van der Waals surface area contributed by atoms with Gasteiger partial charge in [0, 0.05) is 0 Å². The summed E-state index contributed by atoms with van der Waals surface area (Å²) < 4.78 is 0. The summed E-state index contributed by atoms with van der Waals surface area (Å²) in [5.74, 6) is 0.311. The number of quaternary nitrogens is 1. The zero-order valence-electron chi connectivity index (χ0n) is 12.8. The van der Waals surface area contributed by atoms with Crippen LogP contribution < -0.4 is 4.90 Å². The van der Waals surface area contributed by atoms with Crippen molar-refractivity contribution in [1.29, 1.82) is 0 Å². The molecule has 2 nitrogen and oxygen atoms in total. The number of unbranched alkanes of at least 4 members (excludes halogenated alkanes) is 7. The molecule has 0 aliphatic rings. The Morgan fingerprint density at radius 3 is 1.84 bits per heavy atom. The van der Waals surface area contributed by atoms with E-state index in [9.17, 15) is 4.79 Å². The molecule has 0 atom stereocenters. The Kier molecular flexibility index (Phi) is 12.9. The molecule has 0 aromatic rings. The highest BCUT2D eigenvalue weighted by atomic mass is 16.2. The van der Waals surface area contributed by atoms with Crippen molar-refractivity contribution in [2.45, 2.75) is 64.7 Å². The summed E-state index contributed by atoms with van der Waals surface area (Å²) in [6.07, 6.45) is 14.5. The van der Waals surface area contributed by atoms with E-state index in [1.54, 1.807) is 0 Å². The highest BCUT2D eigenvalue weighted by Gasteiger charge is 2.15. The first-order valence-corrected chi connectivity index (χ1v) is 7.85. The molecule has 0 heterocycles. The van der Waals surface area contributed by atoms with Crippen molar-refractivity contribution in [3.8, 4) is 0 Å². The van der Waals surface area contributed by atoms with Gasteiger partial charge in [-0.25, -0.2) is 4.79 Å². The SMILES string of the molecule is C=CC[NH+](CC=C)C(=O)CCCCCCCCCC. The van der Waals surface area contributed by atoms with Crippen LogP contribution in [0.25, 0.3) is 0 Å². The zero-order chi connectivity index (χ0) is 14.3. The summed E-state index contributed by atoms with van der Waals surface area (Å²) in [4.78, 5) is 12.9. The minimum atomic E-state index is 0.311. The van der Waals surface area contributed by atoms with Gasteiger partial charge in [-0.15, -0.1) is 0 Å². The first kappa shape index (κ1) is 18.1. The highest BCUT2D eigenvalue weighted by molar-refractivity contribution is 5.66. The van der Waals surface area contributed by atoms with Crippen molar-refractivity contribution in [2.24, 2.45) is 0 Å². The molecule has 19 heavy (non-hydrogen) atoms. The smallest absolute Gasteiger partial charge is 0.265 e. The maximum atomic E-state index is 12.0. The third kappa shape index (κ3) is 10.7. The van der Waals surface area contributed by atoms with Gasteiger partial charge in [-0.05, 0) is 18.6 Å². The van der Waals surface area contributed by atoms with Crippen LogP contribution in [0, 0.1) is 0 Å². The number of hydrogen-bond donors (Lipinski definition) is 1. The second kappa shape index (κ2) is 13.5. The zero-order valence-corrected chi connectivity index (χ0v) is 12.8. The van der Waals surface area contributed by atoms with Gasteiger partial charge in [0.1, 0.15) is 13.1 Å². The van der Waals surface area contributed by atoms with Gasteiger partial charge in [-0.3, -0.25) is 4.90 Å². The van der Waals surface area contributed by atoms with Gasteiger partial charge in [0.05, 0.1) is 6.42 Å². The van der Waals surface area contributed by atoms with Crippen LogP contribution >= 0.6 is 0 Å². The molecule has 1 N–H and O–H groups in total. The van der Waals surface area contributed by atoms with E-state index in [4.69, 9.17) is 0 Å². The maximum absolute atomic E-state index is 12.0. The third-order valence-corrected chi connectivity index (χ3v) is 3.43. The van der Waals surface area contributed by atoms with Crippen LogP contribution in [0.5, 0.6) is 0 Å². The molecule has 0 aromatic carbocycles. The summed E-state index contributed by atoms with van der Waals surface area (Å²) >= 11 is 0. The first-order valence-electron chi connectivity index (χ1n) is 7.85. The second-order valence-corrected chi connectivity index (χ2v) is 5.24. The van der Waals surface area contributed by atoms with Crippen LogP contribution in [0.15, 0.2) is 25.3 Å². The molecule has 0 fully saturated rings. The Hall–Kier alpha value is -0.890. The number of nitrogens with one attached hydrogen (secondary N) is 1. The summed E-state index contributed by atoms with van der Waals surface area (Å²) in [5, 5.41) is 0. The Labute approximate surface area is 119 Å². The molecular weight excluding hydrogens is 234 g/mol. The fraction of sp³-hybridized carbons (Fsp3) is 0.706. The monoisotopic (exact) mass is 266 g/mol.